The molecule has 2 aliphatic rings. The highest BCUT2D eigenvalue weighted by Gasteiger charge is 2.26. The number of likely N-dealkylation sites (N-methyl/N-ethyl adjacent to an activating group) is 1. The Morgan fingerprint density at radius 3 is 2.60 bits per heavy atom. The summed E-state index contributed by atoms with van der Waals surface area (Å²) in [5, 5.41) is 0. The molecular formula is C17H24N2O. The van der Waals surface area contributed by atoms with Crippen LogP contribution in [0.2, 0.25) is 0 Å². The third-order valence-electron chi connectivity index (χ3n) is 4.97. The molecular weight excluding hydrogens is 248 g/mol. The molecule has 2 N–H and O–H groups in total. The average molecular weight is 272 g/mol. The zero-order chi connectivity index (χ0) is 14.1. The number of carbonyl (C=O) groups excluding carboxylic acids is 1. The van der Waals surface area contributed by atoms with Gasteiger partial charge in [-0.2, -0.15) is 0 Å². The number of anilines is 1. The van der Waals surface area contributed by atoms with Gasteiger partial charge >= 0.3 is 0 Å². The maximum Gasteiger partial charge on any atom is 0.231 e. The first kappa shape index (κ1) is 13.6. The molecule has 1 atom stereocenters. The van der Waals surface area contributed by atoms with Crippen LogP contribution in [-0.4, -0.2) is 13.0 Å². The molecule has 3 rings (SSSR count). The van der Waals surface area contributed by atoms with E-state index in [4.69, 9.17) is 5.73 Å². The minimum absolute atomic E-state index is 0.124. The number of hydrogen-bond acceptors (Lipinski definition) is 2. The number of fused-ring (bicyclic) bond motifs is 1. The van der Waals surface area contributed by atoms with Gasteiger partial charge in [-0.05, 0) is 36.0 Å². The lowest BCUT2D eigenvalue weighted by atomic mass is 9.87. The normalized spacial score (nSPS) is 21.7. The van der Waals surface area contributed by atoms with Crippen LogP contribution in [-0.2, 0) is 11.2 Å². The van der Waals surface area contributed by atoms with Gasteiger partial charge in [0.05, 0.1) is 6.42 Å². The van der Waals surface area contributed by atoms with Gasteiger partial charge in [-0.25, -0.2) is 0 Å². The van der Waals surface area contributed by atoms with Crippen molar-refractivity contribution in [2.75, 3.05) is 11.9 Å². The van der Waals surface area contributed by atoms with E-state index in [1.165, 1.54) is 44.1 Å². The molecule has 108 valence electrons. The Morgan fingerprint density at radius 1 is 1.20 bits per heavy atom. The fourth-order valence-corrected chi connectivity index (χ4v) is 3.64. The standard InChI is InChI=1S/C17H24N2O/c1-19-15-9-8-13(10-14(15)11-16(19)20)17(18)12-6-4-2-3-5-7-12/h8-10,12,17H,2-7,11,18H2,1H3. The van der Waals surface area contributed by atoms with Gasteiger partial charge in [-0.1, -0.05) is 37.8 Å². The maximum absolute atomic E-state index is 11.8. The van der Waals surface area contributed by atoms with E-state index in [9.17, 15) is 4.79 Å². The van der Waals surface area contributed by atoms with Crippen molar-refractivity contribution >= 4 is 11.6 Å². The Balaban J connectivity index is 1.80. The van der Waals surface area contributed by atoms with Gasteiger partial charge in [0, 0.05) is 18.8 Å². The molecule has 0 radical (unpaired) electrons. The monoisotopic (exact) mass is 272 g/mol. The van der Waals surface area contributed by atoms with E-state index in [0.717, 1.165) is 11.3 Å². The minimum Gasteiger partial charge on any atom is -0.324 e. The summed E-state index contributed by atoms with van der Waals surface area (Å²) in [5.41, 5.74) is 9.90. The highest BCUT2D eigenvalue weighted by molar-refractivity contribution is 6.00. The molecule has 1 amide bonds. The second-order valence-corrected chi connectivity index (χ2v) is 6.30. The molecule has 1 saturated carbocycles. The van der Waals surface area contributed by atoms with Gasteiger partial charge < -0.3 is 10.6 Å². The zero-order valence-corrected chi connectivity index (χ0v) is 12.3. The Kier molecular flexibility index (Phi) is 3.79. The largest absolute Gasteiger partial charge is 0.324 e. The quantitative estimate of drug-likeness (QED) is 0.840. The number of hydrogen-bond donors (Lipinski definition) is 1. The Morgan fingerprint density at radius 2 is 1.90 bits per heavy atom. The predicted molar refractivity (Wildman–Crippen MR) is 81.7 cm³/mol. The van der Waals surface area contributed by atoms with Crippen LogP contribution in [0.4, 0.5) is 5.69 Å². The molecule has 0 spiro atoms. The van der Waals surface area contributed by atoms with Crippen LogP contribution in [0, 0.1) is 5.92 Å². The Hall–Kier alpha value is -1.35. The molecule has 0 aromatic heterocycles. The summed E-state index contributed by atoms with van der Waals surface area (Å²) in [6, 6.07) is 6.46. The van der Waals surface area contributed by atoms with Crippen molar-refractivity contribution in [3.8, 4) is 0 Å². The number of nitrogens with two attached hydrogens (primary N) is 1. The molecule has 1 aromatic carbocycles. The van der Waals surface area contributed by atoms with Crippen molar-refractivity contribution in [2.45, 2.75) is 51.0 Å². The molecule has 0 saturated heterocycles. The molecule has 3 heteroatoms. The summed E-state index contributed by atoms with van der Waals surface area (Å²) in [4.78, 5) is 13.5. The van der Waals surface area contributed by atoms with Crippen LogP contribution in [0.1, 0.15) is 55.7 Å². The molecule has 1 fully saturated rings. The molecule has 1 unspecified atom stereocenters. The van der Waals surface area contributed by atoms with E-state index >= 15 is 0 Å². The number of benzene rings is 1. The van der Waals surface area contributed by atoms with Gasteiger partial charge in [0.1, 0.15) is 0 Å². The van der Waals surface area contributed by atoms with Crippen molar-refractivity contribution in [3.05, 3.63) is 29.3 Å². The van der Waals surface area contributed by atoms with Gasteiger partial charge in [-0.3, -0.25) is 4.79 Å². The van der Waals surface area contributed by atoms with E-state index in [0.29, 0.717) is 12.3 Å². The number of rotatable bonds is 2. The lowest BCUT2D eigenvalue weighted by molar-refractivity contribution is -0.117. The first-order valence-corrected chi connectivity index (χ1v) is 7.82. The summed E-state index contributed by atoms with van der Waals surface area (Å²) >= 11 is 0. The molecule has 1 heterocycles. The predicted octanol–water partition coefficient (Wildman–Crippen LogP) is 3.18. The lowest BCUT2D eigenvalue weighted by Gasteiger charge is -2.23. The maximum atomic E-state index is 11.8. The van der Waals surface area contributed by atoms with Crippen LogP contribution in [0.5, 0.6) is 0 Å². The molecule has 1 aromatic rings. The van der Waals surface area contributed by atoms with E-state index in [2.05, 4.69) is 18.2 Å². The van der Waals surface area contributed by atoms with Gasteiger partial charge in [-0.15, -0.1) is 0 Å². The third kappa shape index (κ3) is 2.47. The fraction of sp³-hybridized carbons (Fsp3) is 0.588. The number of nitrogens with zero attached hydrogens (tertiary/aromatic N) is 1. The number of amides is 1. The van der Waals surface area contributed by atoms with Gasteiger partial charge in [0.15, 0.2) is 0 Å². The topological polar surface area (TPSA) is 46.3 Å². The van der Waals surface area contributed by atoms with Crippen LogP contribution in [0.25, 0.3) is 0 Å². The van der Waals surface area contributed by atoms with Crippen LogP contribution in [0.3, 0.4) is 0 Å². The molecule has 20 heavy (non-hydrogen) atoms. The second-order valence-electron chi connectivity index (χ2n) is 6.30. The van der Waals surface area contributed by atoms with Crippen molar-refractivity contribution < 1.29 is 4.79 Å². The van der Waals surface area contributed by atoms with Crippen molar-refractivity contribution in [2.24, 2.45) is 11.7 Å². The van der Waals surface area contributed by atoms with Gasteiger partial charge in [0.25, 0.3) is 0 Å². The summed E-state index contributed by atoms with van der Waals surface area (Å²) in [5.74, 6) is 0.783. The minimum atomic E-state index is 0.124. The molecule has 1 aliphatic heterocycles. The second kappa shape index (κ2) is 5.57. The smallest absolute Gasteiger partial charge is 0.231 e. The third-order valence-corrected chi connectivity index (χ3v) is 4.97. The van der Waals surface area contributed by atoms with Crippen LogP contribution < -0.4 is 10.6 Å². The van der Waals surface area contributed by atoms with Crippen molar-refractivity contribution in [3.63, 3.8) is 0 Å². The van der Waals surface area contributed by atoms with Crippen molar-refractivity contribution in [1.82, 2.24) is 0 Å². The SMILES string of the molecule is CN1C(=O)Cc2cc(C(N)C3CCCCCC3)ccc21. The Bertz CT molecular complexity index is 504. The average Bonchev–Trinajstić information content (AvgIpc) is 2.65. The first-order chi connectivity index (χ1) is 9.66. The van der Waals surface area contributed by atoms with Crippen LogP contribution >= 0.6 is 0 Å². The fourth-order valence-electron chi connectivity index (χ4n) is 3.64. The van der Waals surface area contributed by atoms with Crippen molar-refractivity contribution in [1.29, 1.82) is 0 Å². The molecule has 0 bridgehead atoms. The van der Waals surface area contributed by atoms with E-state index in [1.54, 1.807) is 4.90 Å². The van der Waals surface area contributed by atoms with E-state index in [1.807, 2.05) is 7.05 Å². The zero-order valence-electron chi connectivity index (χ0n) is 12.3. The highest BCUT2D eigenvalue weighted by atomic mass is 16.2. The van der Waals surface area contributed by atoms with E-state index in [-0.39, 0.29) is 11.9 Å². The summed E-state index contributed by atoms with van der Waals surface area (Å²) < 4.78 is 0. The van der Waals surface area contributed by atoms with E-state index < -0.39 is 0 Å². The highest BCUT2D eigenvalue weighted by Crippen LogP contribution is 2.35. The summed E-state index contributed by atoms with van der Waals surface area (Å²) in [6.45, 7) is 0. The molecule has 3 nitrogen and oxygen atoms in total. The Labute approximate surface area is 121 Å². The summed E-state index contributed by atoms with van der Waals surface area (Å²) in [7, 11) is 1.85. The summed E-state index contributed by atoms with van der Waals surface area (Å²) in [6.07, 6.45) is 8.35. The number of carbonyl (C=O) groups is 1. The molecule has 1 aliphatic carbocycles. The first-order valence-electron chi connectivity index (χ1n) is 7.82. The van der Waals surface area contributed by atoms with Crippen LogP contribution in [0.15, 0.2) is 18.2 Å². The lowest BCUT2D eigenvalue weighted by Crippen LogP contribution is -2.21. The van der Waals surface area contributed by atoms with Gasteiger partial charge in [0.2, 0.25) is 5.91 Å².